The van der Waals surface area contributed by atoms with E-state index in [2.05, 4.69) is 0 Å². The molecule has 1 fully saturated rings. The van der Waals surface area contributed by atoms with E-state index in [0.29, 0.717) is 47.1 Å². The quantitative estimate of drug-likeness (QED) is 0.287. The van der Waals surface area contributed by atoms with Crippen LogP contribution in [0.15, 0.2) is 48.5 Å². The maximum atomic E-state index is 12.7. The van der Waals surface area contributed by atoms with Crippen LogP contribution in [0.4, 0.5) is 5.69 Å². The van der Waals surface area contributed by atoms with Crippen LogP contribution in [0, 0.1) is 16.0 Å². The number of hydrogen-bond donors (Lipinski definition) is 0. The van der Waals surface area contributed by atoms with Crippen LogP contribution in [-0.4, -0.2) is 34.6 Å². The third-order valence-electron chi connectivity index (χ3n) is 4.88. The van der Waals surface area contributed by atoms with Crippen LogP contribution in [-0.2, 0) is 4.79 Å². The summed E-state index contributed by atoms with van der Waals surface area (Å²) in [5.41, 5.74) is 1.08. The first kappa shape index (κ1) is 21.0. The minimum atomic E-state index is -0.477. The smallest absolute Gasteiger partial charge is 0.270 e. The summed E-state index contributed by atoms with van der Waals surface area (Å²) in [7, 11) is 0. The first-order valence-corrected chi connectivity index (χ1v) is 9.81. The third-order valence-corrected chi connectivity index (χ3v) is 5.62. The van der Waals surface area contributed by atoms with Gasteiger partial charge in [0.25, 0.3) is 5.69 Å². The zero-order valence-corrected chi connectivity index (χ0v) is 16.9. The summed E-state index contributed by atoms with van der Waals surface area (Å²) in [5.74, 6) is -0.350. The molecule has 1 aliphatic rings. The Bertz CT molecular complexity index is 982. The molecular formula is C21H18Cl2N2O4. The number of nitro groups is 1. The van der Waals surface area contributed by atoms with Gasteiger partial charge >= 0.3 is 0 Å². The molecule has 0 spiro atoms. The third kappa shape index (κ3) is 5.22. The predicted molar refractivity (Wildman–Crippen MR) is 112 cm³/mol. The largest absolute Gasteiger partial charge is 0.339 e. The van der Waals surface area contributed by atoms with Crippen molar-refractivity contribution in [1.29, 1.82) is 0 Å². The topological polar surface area (TPSA) is 80.5 Å². The second-order valence-electron chi connectivity index (χ2n) is 6.78. The molecule has 29 heavy (non-hydrogen) atoms. The van der Waals surface area contributed by atoms with Crippen LogP contribution in [0.3, 0.4) is 0 Å². The molecule has 150 valence electrons. The summed E-state index contributed by atoms with van der Waals surface area (Å²) in [6.07, 6.45) is 4.09. The van der Waals surface area contributed by atoms with Crippen molar-refractivity contribution in [2.45, 2.75) is 12.8 Å². The van der Waals surface area contributed by atoms with Crippen molar-refractivity contribution >= 4 is 46.7 Å². The van der Waals surface area contributed by atoms with Gasteiger partial charge in [0.2, 0.25) is 5.91 Å². The lowest BCUT2D eigenvalue weighted by molar-refractivity contribution is -0.384. The number of non-ortho nitro benzene ring substituents is 1. The number of halogens is 2. The highest BCUT2D eigenvalue weighted by Crippen LogP contribution is 2.27. The summed E-state index contributed by atoms with van der Waals surface area (Å²) in [4.78, 5) is 37.1. The lowest BCUT2D eigenvalue weighted by Gasteiger charge is -2.30. The van der Waals surface area contributed by atoms with E-state index in [0.717, 1.165) is 0 Å². The highest BCUT2D eigenvalue weighted by Gasteiger charge is 2.27. The standard InChI is InChI=1S/C21H18Cl2N2O4/c22-18-6-5-16(13-19(18)23)21(27)15-8-10-24(11-9-15)20(26)7-4-14-2-1-3-17(12-14)25(28)29/h1-7,12-13,15H,8-11H2. The molecular weight excluding hydrogens is 415 g/mol. The number of nitro benzene ring substituents is 1. The van der Waals surface area contributed by atoms with Gasteiger partial charge in [-0.25, -0.2) is 0 Å². The molecule has 1 heterocycles. The van der Waals surface area contributed by atoms with E-state index in [-0.39, 0.29) is 23.3 Å². The van der Waals surface area contributed by atoms with Gasteiger partial charge in [0.05, 0.1) is 15.0 Å². The maximum Gasteiger partial charge on any atom is 0.270 e. The molecule has 1 aliphatic heterocycles. The van der Waals surface area contributed by atoms with E-state index < -0.39 is 4.92 Å². The second kappa shape index (κ2) is 9.20. The molecule has 0 bridgehead atoms. The molecule has 8 heteroatoms. The number of amides is 1. The average Bonchev–Trinajstić information content (AvgIpc) is 2.73. The van der Waals surface area contributed by atoms with Crippen LogP contribution < -0.4 is 0 Å². The average molecular weight is 433 g/mol. The molecule has 1 saturated heterocycles. The highest BCUT2D eigenvalue weighted by atomic mass is 35.5. The molecule has 0 aliphatic carbocycles. The van der Waals surface area contributed by atoms with Gasteiger partial charge in [-0.05, 0) is 42.7 Å². The normalized spacial score (nSPS) is 14.9. The molecule has 2 aromatic carbocycles. The number of carbonyl (C=O) groups excluding carboxylic acids is 2. The Kier molecular flexibility index (Phi) is 6.67. The van der Waals surface area contributed by atoms with E-state index >= 15 is 0 Å². The number of rotatable bonds is 5. The number of nitrogens with zero attached hydrogens (tertiary/aromatic N) is 2. The van der Waals surface area contributed by atoms with Gasteiger partial charge < -0.3 is 4.90 Å². The monoisotopic (exact) mass is 432 g/mol. The predicted octanol–water partition coefficient (Wildman–Crippen LogP) is 5.04. The van der Waals surface area contributed by atoms with Crippen LogP contribution in [0.5, 0.6) is 0 Å². The Balaban J connectivity index is 1.58. The van der Waals surface area contributed by atoms with Crippen molar-refractivity contribution in [2.24, 2.45) is 5.92 Å². The Morgan fingerprint density at radius 2 is 1.79 bits per heavy atom. The SMILES string of the molecule is O=C(c1ccc(Cl)c(Cl)c1)C1CCN(C(=O)C=Cc2cccc([N+](=O)[O-])c2)CC1. The fourth-order valence-electron chi connectivity index (χ4n) is 3.26. The number of benzene rings is 2. The van der Waals surface area contributed by atoms with E-state index in [1.54, 1.807) is 41.3 Å². The fourth-order valence-corrected chi connectivity index (χ4v) is 3.56. The van der Waals surface area contributed by atoms with Crippen LogP contribution in [0.1, 0.15) is 28.8 Å². The van der Waals surface area contributed by atoms with Crippen molar-refractivity contribution < 1.29 is 14.5 Å². The van der Waals surface area contributed by atoms with Gasteiger partial charge in [-0.3, -0.25) is 19.7 Å². The lowest BCUT2D eigenvalue weighted by Crippen LogP contribution is -2.39. The zero-order valence-electron chi connectivity index (χ0n) is 15.4. The van der Waals surface area contributed by atoms with Gasteiger partial charge in [0.1, 0.15) is 0 Å². The maximum absolute atomic E-state index is 12.7. The summed E-state index contributed by atoms with van der Waals surface area (Å²) in [6, 6.07) is 10.9. The highest BCUT2D eigenvalue weighted by molar-refractivity contribution is 6.42. The molecule has 0 aromatic heterocycles. The first-order chi connectivity index (χ1) is 13.8. The zero-order chi connectivity index (χ0) is 21.0. The Labute approximate surface area is 177 Å². The Morgan fingerprint density at radius 3 is 2.45 bits per heavy atom. The van der Waals surface area contributed by atoms with Gasteiger partial charge in [0.15, 0.2) is 5.78 Å². The Morgan fingerprint density at radius 1 is 1.07 bits per heavy atom. The summed E-state index contributed by atoms with van der Waals surface area (Å²) >= 11 is 11.9. The molecule has 0 saturated carbocycles. The van der Waals surface area contributed by atoms with E-state index in [1.807, 2.05) is 0 Å². The molecule has 2 aromatic rings. The molecule has 3 rings (SSSR count). The lowest BCUT2D eigenvalue weighted by atomic mass is 9.89. The van der Waals surface area contributed by atoms with E-state index in [9.17, 15) is 19.7 Å². The van der Waals surface area contributed by atoms with Gasteiger partial charge in [-0.15, -0.1) is 0 Å². The summed E-state index contributed by atoms with van der Waals surface area (Å²) < 4.78 is 0. The number of Topliss-reactive ketones (excluding diaryl/α,β-unsaturated/α-hetero) is 1. The second-order valence-corrected chi connectivity index (χ2v) is 7.59. The van der Waals surface area contributed by atoms with Gasteiger partial charge in [0, 0.05) is 42.8 Å². The summed E-state index contributed by atoms with van der Waals surface area (Å²) in [5, 5.41) is 11.6. The first-order valence-electron chi connectivity index (χ1n) is 9.06. The number of ketones is 1. The van der Waals surface area contributed by atoms with Crippen molar-refractivity contribution in [2.75, 3.05) is 13.1 Å². The van der Waals surface area contributed by atoms with Crippen LogP contribution in [0.2, 0.25) is 10.0 Å². The van der Waals surface area contributed by atoms with Crippen LogP contribution in [0.25, 0.3) is 6.08 Å². The molecule has 1 amide bonds. The minimum absolute atomic E-state index is 0.00260. The molecule has 6 nitrogen and oxygen atoms in total. The van der Waals surface area contributed by atoms with Gasteiger partial charge in [-0.2, -0.15) is 0 Å². The summed E-state index contributed by atoms with van der Waals surface area (Å²) in [6.45, 7) is 0.936. The number of likely N-dealkylation sites (tertiary alicyclic amines) is 1. The molecule has 0 unspecified atom stereocenters. The molecule has 0 radical (unpaired) electrons. The number of piperidine rings is 1. The van der Waals surface area contributed by atoms with E-state index in [1.165, 1.54) is 18.2 Å². The van der Waals surface area contributed by atoms with Crippen molar-refractivity contribution in [3.05, 3.63) is 79.8 Å². The van der Waals surface area contributed by atoms with Crippen molar-refractivity contribution in [1.82, 2.24) is 4.90 Å². The number of hydrogen-bond acceptors (Lipinski definition) is 4. The minimum Gasteiger partial charge on any atom is -0.339 e. The fraction of sp³-hybridized carbons (Fsp3) is 0.238. The Hall–Kier alpha value is -2.70. The van der Waals surface area contributed by atoms with Gasteiger partial charge in [-0.1, -0.05) is 35.3 Å². The van der Waals surface area contributed by atoms with E-state index in [4.69, 9.17) is 23.2 Å². The van der Waals surface area contributed by atoms with Crippen molar-refractivity contribution in [3.63, 3.8) is 0 Å². The molecule has 0 atom stereocenters. The van der Waals surface area contributed by atoms with Crippen LogP contribution >= 0.6 is 23.2 Å². The van der Waals surface area contributed by atoms with Crippen molar-refractivity contribution in [3.8, 4) is 0 Å². The number of carbonyl (C=O) groups is 2. The molecule has 0 N–H and O–H groups in total.